The summed E-state index contributed by atoms with van der Waals surface area (Å²) < 4.78 is 17.6. The maximum absolute atomic E-state index is 12.2. The van der Waals surface area contributed by atoms with E-state index in [-0.39, 0.29) is 0 Å². The molecule has 5 heteroatoms. The molecule has 1 aliphatic heterocycles. The highest BCUT2D eigenvalue weighted by atomic mass is 32.2. The first-order valence-electron chi connectivity index (χ1n) is 7.75. The highest BCUT2D eigenvalue weighted by molar-refractivity contribution is 7.85. The van der Waals surface area contributed by atoms with Gasteiger partial charge in [-0.25, -0.2) is 0 Å². The van der Waals surface area contributed by atoms with E-state index in [1.807, 2.05) is 37.3 Å². The zero-order chi connectivity index (χ0) is 14.9. The molecule has 1 aromatic carbocycles. The van der Waals surface area contributed by atoms with Crippen LogP contribution in [0.15, 0.2) is 35.2 Å². The third kappa shape index (κ3) is 5.87. The minimum atomic E-state index is -0.875. The van der Waals surface area contributed by atoms with Crippen molar-refractivity contribution in [1.82, 2.24) is 9.80 Å². The van der Waals surface area contributed by atoms with Gasteiger partial charge in [-0.3, -0.25) is 14.0 Å². The van der Waals surface area contributed by atoms with Gasteiger partial charge in [0.25, 0.3) is 0 Å². The highest BCUT2D eigenvalue weighted by Crippen LogP contribution is 2.07. The molecule has 0 saturated carbocycles. The van der Waals surface area contributed by atoms with Crippen molar-refractivity contribution in [2.75, 3.05) is 58.2 Å². The minimum Gasteiger partial charge on any atom is -0.380 e. The first-order valence-corrected chi connectivity index (χ1v) is 9.07. The van der Waals surface area contributed by atoms with E-state index >= 15 is 0 Å². The van der Waals surface area contributed by atoms with Gasteiger partial charge in [-0.15, -0.1) is 0 Å². The molecule has 0 bridgehead atoms. The lowest BCUT2D eigenvalue weighted by Gasteiger charge is -2.34. The maximum atomic E-state index is 12.2. The molecule has 0 aliphatic carbocycles. The number of rotatable bonds is 8. The van der Waals surface area contributed by atoms with Crippen molar-refractivity contribution in [3.8, 4) is 0 Å². The van der Waals surface area contributed by atoms with Crippen LogP contribution in [0.5, 0.6) is 0 Å². The molecule has 0 amide bonds. The molecule has 118 valence electrons. The van der Waals surface area contributed by atoms with Gasteiger partial charge in [-0.1, -0.05) is 18.2 Å². The number of hydrogen-bond acceptors (Lipinski definition) is 4. The van der Waals surface area contributed by atoms with E-state index in [4.69, 9.17) is 4.74 Å². The topological polar surface area (TPSA) is 32.8 Å². The van der Waals surface area contributed by atoms with Crippen LogP contribution in [0.3, 0.4) is 0 Å². The normalized spacial score (nSPS) is 18.7. The molecule has 0 spiro atoms. The molecule has 1 saturated heterocycles. The molecule has 1 aliphatic rings. The average molecular weight is 310 g/mol. The second-order valence-electron chi connectivity index (χ2n) is 5.24. The molecule has 1 atom stereocenters. The monoisotopic (exact) mass is 310 g/mol. The van der Waals surface area contributed by atoms with Gasteiger partial charge in [-0.05, 0) is 19.1 Å². The maximum Gasteiger partial charge on any atom is 0.0593 e. The van der Waals surface area contributed by atoms with Crippen LogP contribution in [-0.2, 0) is 15.5 Å². The number of benzene rings is 1. The van der Waals surface area contributed by atoms with Crippen molar-refractivity contribution in [2.45, 2.75) is 11.8 Å². The standard InChI is InChI=1S/C16H26N2O2S/c1-2-20-14-12-17-8-10-18(11-9-17)13-15-21(19)16-6-4-3-5-7-16/h3-7H,2,8-15H2,1H3. The molecular weight excluding hydrogens is 284 g/mol. The van der Waals surface area contributed by atoms with Crippen molar-refractivity contribution >= 4 is 10.8 Å². The number of ether oxygens (including phenoxy) is 1. The lowest BCUT2D eigenvalue weighted by atomic mass is 10.3. The SMILES string of the molecule is CCOCCN1CCN(CCS(=O)c2ccccc2)CC1. The van der Waals surface area contributed by atoms with E-state index in [0.717, 1.165) is 63.1 Å². The minimum absolute atomic E-state index is 0.725. The lowest BCUT2D eigenvalue weighted by Crippen LogP contribution is -2.48. The summed E-state index contributed by atoms with van der Waals surface area (Å²) in [4.78, 5) is 5.80. The van der Waals surface area contributed by atoms with Crippen LogP contribution in [0.2, 0.25) is 0 Å². The molecule has 0 N–H and O–H groups in total. The van der Waals surface area contributed by atoms with Gasteiger partial charge in [0.05, 0.1) is 17.4 Å². The molecule has 21 heavy (non-hydrogen) atoms. The van der Waals surface area contributed by atoms with Crippen LogP contribution in [0.4, 0.5) is 0 Å². The fraction of sp³-hybridized carbons (Fsp3) is 0.625. The summed E-state index contributed by atoms with van der Waals surface area (Å²) in [5, 5.41) is 0. The summed E-state index contributed by atoms with van der Waals surface area (Å²) in [5.41, 5.74) is 0. The predicted molar refractivity (Wildman–Crippen MR) is 87.1 cm³/mol. The molecule has 1 heterocycles. The number of piperazine rings is 1. The second kappa shape index (κ2) is 9.30. The van der Waals surface area contributed by atoms with Crippen LogP contribution in [0.25, 0.3) is 0 Å². The van der Waals surface area contributed by atoms with Crippen LogP contribution in [0.1, 0.15) is 6.92 Å². The lowest BCUT2D eigenvalue weighted by molar-refractivity contribution is 0.0829. The van der Waals surface area contributed by atoms with Crippen molar-refractivity contribution in [3.63, 3.8) is 0 Å². The van der Waals surface area contributed by atoms with Gasteiger partial charge in [0, 0.05) is 56.5 Å². The van der Waals surface area contributed by atoms with Gasteiger partial charge < -0.3 is 4.74 Å². The molecule has 2 rings (SSSR count). The highest BCUT2D eigenvalue weighted by Gasteiger charge is 2.17. The Morgan fingerprint density at radius 1 is 1.05 bits per heavy atom. The van der Waals surface area contributed by atoms with Crippen LogP contribution in [0, 0.1) is 0 Å². The Hall–Kier alpha value is -0.750. The fourth-order valence-electron chi connectivity index (χ4n) is 2.48. The molecule has 0 aromatic heterocycles. The Morgan fingerprint density at radius 3 is 2.29 bits per heavy atom. The Balaban J connectivity index is 1.64. The Labute approximate surface area is 130 Å². The largest absolute Gasteiger partial charge is 0.380 e. The van der Waals surface area contributed by atoms with Crippen molar-refractivity contribution in [2.24, 2.45) is 0 Å². The Morgan fingerprint density at radius 2 is 1.67 bits per heavy atom. The van der Waals surface area contributed by atoms with Crippen LogP contribution >= 0.6 is 0 Å². The summed E-state index contributed by atoms with van der Waals surface area (Å²) in [6.45, 7) is 9.91. The zero-order valence-electron chi connectivity index (χ0n) is 12.9. The van der Waals surface area contributed by atoms with E-state index in [1.54, 1.807) is 0 Å². The van der Waals surface area contributed by atoms with Gasteiger partial charge in [0.2, 0.25) is 0 Å². The van der Waals surface area contributed by atoms with Crippen molar-refractivity contribution < 1.29 is 8.95 Å². The number of nitrogens with zero attached hydrogens (tertiary/aromatic N) is 2. The molecular formula is C16H26N2O2S. The third-order valence-corrected chi connectivity index (χ3v) is 5.17. The predicted octanol–water partition coefficient (Wildman–Crippen LogP) is 1.45. The van der Waals surface area contributed by atoms with Crippen molar-refractivity contribution in [1.29, 1.82) is 0 Å². The summed E-state index contributed by atoms with van der Waals surface area (Å²) in [6.07, 6.45) is 0. The fourth-order valence-corrected chi connectivity index (χ4v) is 3.60. The zero-order valence-corrected chi connectivity index (χ0v) is 13.7. The van der Waals surface area contributed by atoms with Gasteiger partial charge in [0.1, 0.15) is 0 Å². The molecule has 1 fully saturated rings. The van der Waals surface area contributed by atoms with Gasteiger partial charge in [0.15, 0.2) is 0 Å². The average Bonchev–Trinajstić information content (AvgIpc) is 2.55. The second-order valence-corrected chi connectivity index (χ2v) is 6.81. The molecule has 4 nitrogen and oxygen atoms in total. The summed E-state index contributed by atoms with van der Waals surface area (Å²) >= 11 is 0. The smallest absolute Gasteiger partial charge is 0.0593 e. The summed E-state index contributed by atoms with van der Waals surface area (Å²) in [5.74, 6) is 0.725. The molecule has 1 aromatic rings. The Kier molecular flexibility index (Phi) is 7.36. The van der Waals surface area contributed by atoms with Crippen LogP contribution < -0.4 is 0 Å². The van der Waals surface area contributed by atoms with Crippen LogP contribution in [-0.4, -0.2) is 72.2 Å². The molecule has 0 radical (unpaired) electrons. The van der Waals surface area contributed by atoms with Gasteiger partial charge in [-0.2, -0.15) is 0 Å². The van der Waals surface area contributed by atoms with E-state index in [0.29, 0.717) is 0 Å². The van der Waals surface area contributed by atoms with E-state index in [2.05, 4.69) is 9.80 Å². The van der Waals surface area contributed by atoms with E-state index in [1.165, 1.54) is 0 Å². The number of hydrogen-bond donors (Lipinski definition) is 0. The van der Waals surface area contributed by atoms with E-state index in [9.17, 15) is 4.21 Å². The van der Waals surface area contributed by atoms with E-state index < -0.39 is 10.8 Å². The first-order chi connectivity index (χ1) is 10.3. The third-order valence-electron chi connectivity index (χ3n) is 3.82. The van der Waals surface area contributed by atoms with Crippen molar-refractivity contribution in [3.05, 3.63) is 30.3 Å². The Bertz CT molecular complexity index is 420. The summed E-state index contributed by atoms with van der Waals surface area (Å²) in [6, 6.07) is 9.75. The molecule has 1 unspecified atom stereocenters. The van der Waals surface area contributed by atoms with Gasteiger partial charge >= 0.3 is 0 Å². The quantitative estimate of drug-likeness (QED) is 0.681. The first kappa shape index (κ1) is 16.6. The summed E-state index contributed by atoms with van der Waals surface area (Å²) in [7, 11) is -0.875.